The Morgan fingerprint density at radius 2 is 2.21 bits per heavy atom. The Hall–Kier alpha value is -1.41. The second kappa shape index (κ2) is 5.70. The molecule has 1 atom stereocenters. The number of nitrogens with zero attached hydrogens (tertiary/aromatic N) is 1. The van der Waals surface area contributed by atoms with Crippen LogP contribution in [0.4, 0.5) is 0 Å². The van der Waals surface area contributed by atoms with Crippen LogP contribution in [0.15, 0.2) is 36.5 Å². The average Bonchev–Trinajstić information content (AvgIpc) is 3.27. The lowest BCUT2D eigenvalue weighted by atomic mass is 10.1. The number of fused-ring (bicyclic) bond motifs is 1. The van der Waals surface area contributed by atoms with E-state index in [1.54, 1.807) is 0 Å². The van der Waals surface area contributed by atoms with Crippen LogP contribution in [0.25, 0.3) is 10.9 Å². The van der Waals surface area contributed by atoms with E-state index < -0.39 is 0 Å². The zero-order chi connectivity index (χ0) is 13.1. The molecule has 0 saturated heterocycles. The molecule has 0 amide bonds. The highest BCUT2D eigenvalue weighted by molar-refractivity contribution is 5.78. The van der Waals surface area contributed by atoms with Crippen LogP contribution in [0.3, 0.4) is 0 Å². The van der Waals surface area contributed by atoms with Gasteiger partial charge in [-0.05, 0) is 42.5 Å². The lowest BCUT2D eigenvalue weighted by Crippen LogP contribution is -2.28. The lowest BCUT2D eigenvalue weighted by Gasteiger charge is -2.16. The number of benzene rings is 1. The van der Waals surface area contributed by atoms with Crippen molar-refractivity contribution in [3.8, 4) is 0 Å². The Kier molecular flexibility index (Phi) is 3.79. The number of hydrogen-bond acceptors (Lipinski definition) is 2. The van der Waals surface area contributed by atoms with Gasteiger partial charge in [-0.15, -0.1) is 0 Å². The quantitative estimate of drug-likeness (QED) is 0.845. The lowest BCUT2D eigenvalue weighted by molar-refractivity contribution is 0.445. The predicted molar refractivity (Wildman–Crippen MR) is 80.0 cm³/mol. The first kappa shape index (κ1) is 12.6. The standard InChI is InChI=1S/C17H22N2/c1-2-16(11-13-5-6-13)19-12-14-7-8-17-15(10-14)4-3-9-18-17/h3-4,7-10,13,16,19H,2,5-6,11-12H2,1H3. The van der Waals surface area contributed by atoms with Gasteiger partial charge in [-0.2, -0.15) is 0 Å². The Morgan fingerprint density at radius 1 is 1.32 bits per heavy atom. The van der Waals surface area contributed by atoms with Gasteiger partial charge in [0.15, 0.2) is 0 Å². The Labute approximate surface area is 115 Å². The highest BCUT2D eigenvalue weighted by Crippen LogP contribution is 2.34. The van der Waals surface area contributed by atoms with Gasteiger partial charge in [0.25, 0.3) is 0 Å². The maximum Gasteiger partial charge on any atom is 0.0702 e. The van der Waals surface area contributed by atoms with Crippen molar-refractivity contribution in [2.75, 3.05) is 0 Å². The van der Waals surface area contributed by atoms with Crippen LogP contribution >= 0.6 is 0 Å². The van der Waals surface area contributed by atoms with Crippen LogP contribution in [0.2, 0.25) is 0 Å². The van der Waals surface area contributed by atoms with Crippen LogP contribution in [0.1, 0.15) is 38.2 Å². The number of hydrogen-bond donors (Lipinski definition) is 1. The summed E-state index contributed by atoms with van der Waals surface area (Å²) in [5.74, 6) is 0.998. The molecule has 2 heteroatoms. The molecule has 1 aromatic heterocycles. The Bertz CT molecular complexity index is 546. The molecule has 2 nitrogen and oxygen atoms in total. The maximum absolute atomic E-state index is 4.36. The summed E-state index contributed by atoms with van der Waals surface area (Å²) in [6, 6.07) is 11.4. The van der Waals surface area contributed by atoms with Crippen molar-refractivity contribution < 1.29 is 0 Å². The van der Waals surface area contributed by atoms with Gasteiger partial charge < -0.3 is 5.32 Å². The van der Waals surface area contributed by atoms with Crippen molar-refractivity contribution in [2.24, 2.45) is 5.92 Å². The van der Waals surface area contributed by atoms with Crippen molar-refractivity contribution in [3.05, 3.63) is 42.1 Å². The van der Waals surface area contributed by atoms with Crippen LogP contribution in [0, 0.1) is 5.92 Å². The van der Waals surface area contributed by atoms with E-state index in [2.05, 4.69) is 41.5 Å². The predicted octanol–water partition coefficient (Wildman–Crippen LogP) is 3.90. The van der Waals surface area contributed by atoms with Gasteiger partial charge in [0.05, 0.1) is 5.52 Å². The van der Waals surface area contributed by atoms with Crippen LogP contribution in [-0.2, 0) is 6.54 Å². The van der Waals surface area contributed by atoms with E-state index in [1.165, 1.54) is 36.6 Å². The molecule has 100 valence electrons. The molecule has 0 aliphatic heterocycles. The molecule has 1 heterocycles. The summed E-state index contributed by atoms with van der Waals surface area (Å²) in [4.78, 5) is 4.36. The fraction of sp³-hybridized carbons (Fsp3) is 0.471. The average molecular weight is 254 g/mol. The molecular weight excluding hydrogens is 232 g/mol. The minimum Gasteiger partial charge on any atom is -0.310 e. The minimum absolute atomic E-state index is 0.678. The van der Waals surface area contributed by atoms with E-state index in [9.17, 15) is 0 Å². The summed E-state index contributed by atoms with van der Waals surface area (Å²) in [6.07, 6.45) is 7.32. The summed E-state index contributed by atoms with van der Waals surface area (Å²) < 4.78 is 0. The largest absolute Gasteiger partial charge is 0.310 e. The molecular formula is C17H22N2. The second-order valence-corrected chi connectivity index (χ2v) is 5.70. The first-order valence-electron chi connectivity index (χ1n) is 7.42. The highest BCUT2D eigenvalue weighted by atomic mass is 14.9. The van der Waals surface area contributed by atoms with Gasteiger partial charge in [0.2, 0.25) is 0 Å². The van der Waals surface area contributed by atoms with E-state index in [1.807, 2.05) is 12.3 Å². The third-order valence-corrected chi connectivity index (χ3v) is 4.07. The molecule has 0 bridgehead atoms. The van der Waals surface area contributed by atoms with Gasteiger partial charge in [-0.25, -0.2) is 0 Å². The van der Waals surface area contributed by atoms with Crippen molar-refractivity contribution in [1.29, 1.82) is 0 Å². The van der Waals surface area contributed by atoms with Crippen LogP contribution in [-0.4, -0.2) is 11.0 Å². The zero-order valence-corrected chi connectivity index (χ0v) is 11.6. The van der Waals surface area contributed by atoms with E-state index in [0.29, 0.717) is 6.04 Å². The van der Waals surface area contributed by atoms with Gasteiger partial charge in [-0.1, -0.05) is 31.9 Å². The highest BCUT2D eigenvalue weighted by Gasteiger charge is 2.24. The molecule has 1 saturated carbocycles. The first-order valence-corrected chi connectivity index (χ1v) is 7.42. The van der Waals surface area contributed by atoms with E-state index in [0.717, 1.165) is 18.0 Å². The monoisotopic (exact) mass is 254 g/mol. The number of pyridine rings is 1. The molecule has 0 radical (unpaired) electrons. The van der Waals surface area contributed by atoms with Crippen molar-refractivity contribution in [2.45, 2.75) is 45.2 Å². The number of aromatic nitrogens is 1. The minimum atomic E-state index is 0.678. The zero-order valence-electron chi connectivity index (χ0n) is 11.6. The molecule has 0 spiro atoms. The fourth-order valence-corrected chi connectivity index (χ4v) is 2.65. The maximum atomic E-state index is 4.36. The van der Waals surface area contributed by atoms with Gasteiger partial charge in [0, 0.05) is 24.2 Å². The summed E-state index contributed by atoms with van der Waals surface area (Å²) in [7, 11) is 0. The molecule has 19 heavy (non-hydrogen) atoms. The number of nitrogens with one attached hydrogen (secondary N) is 1. The Balaban J connectivity index is 1.63. The van der Waals surface area contributed by atoms with Crippen molar-refractivity contribution in [1.82, 2.24) is 10.3 Å². The van der Waals surface area contributed by atoms with Crippen LogP contribution in [0.5, 0.6) is 0 Å². The van der Waals surface area contributed by atoms with E-state index >= 15 is 0 Å². The molecule has 2 aromatic rings. The summed E-state index contributed by atoms with van der Waals surface area (Å²) in [6.45, 7) is 3.25. The summed E-state index contributed by atoms with van der Waals surface area (Å²) in [5, 5.41) is 4.93. The molecule has 1 fully saturated rings. The normalized spacial score (nSPS) is 16.7. The van der Waals surface area contributed by atoms with Gasteiger partial charge in [-0.3, -0.25) is 4.98 Å². The van der Waals surface area contributed by atoms with Crippen molar-refractivity contribution in [3.63, 3.8) is 0 Å². The molecule has 1 aromatic carbocycles. The summed E-state index contributed by atoms with van der Waals surface area (Å²) in [5.41, 5.74) is 2.44. The van der Waals surface area contributed by atoms with Gasteiger partial charge >= 0.3 is 0 Å². The van der Waals surface area contributed by atoms with Gasteiger partial charge in [0.1, 0.15) is 0 Å². The van der Waals surface area contributed by atoms with Crippen molar-refractivity contribution >= 4 is 10.9 Å². The third kappa shape index (κ3) is 3.32. The topological polar surface area (TPSA) is 24.9 Å². The second-order valence-electron chi connectivity index (χ2n) is 5.70. The molecule has 1 N–H and O–H groups in total. The van der Waals surface area contributed by atoms with E-state index in [-0.39, 0.29) is 0 Å². The van der Waals surface area contributed by atoms with Crippen LogP contribution < -0.4 is 5.32 Å². The molecule has 1 aliphatic carbocycles. The SMILES string of the molecule is CCC(CC1CC1)NCc1ccc2ncccc2c1. The van der Waals surface area contributed by atoms with E-state index in [4.69, 9.17) is 0 Å². The molecule has 1 unspecified atom stereocenters. The first-order chi connectivity index (χ1) is 9.35. The molecule has 3 rings (SSSR count). The smallest absolute Gasteiger partial charge is 0.0702 e. The Morgan fingerprint density at radius 3 is 3.00 bits per heavy atom. The summed E-state index contributed by atoms with van der Waals surface area (Å²) >= 11 is 0. The number of rotatable bonds is 6. The molecule has 1 aliphatic rings. The third-order valence-electron chi connectivity index (χ3n) is 4.07. The fourth-order valence-electron chi connectivity index (χ4n) is 2.65.